The lowest BCUT2D eigenvalue weighted by atomic mass is 9.65. The Bertz CT molecular complexity index is 1250. The number of nitrogens with one attached hydrogen (secondary N) is 1. The maximum atomic E-state index is 14.6. The molecule has 3 aliphatic rings. The molecule has 0 unspecified atom stereocenters. The Hall–Kier alpha value is -2.94. The molecule has 2 aromatic heterocycles. The van der Waals surface area contributed by atoms with Gasteiger partial charge in [0.2, 0.25) is 0 Å². The summed E-state index contributed by atoms with van der Waals surface area (Å²) in [6.45, 7) is 1.64. The van der Waals surface area contributed by atoms with Crippen molar-refractivity contribution in [2.24, 2.45) is 5.92 Å². The maximum Gasteiger partial charge on any atom is 0.266 e. The number of rotatable bonds is 5. The summed E-state index contributed by atoms with van der Waals surface area (Å²) >= 11 is 0. The van der Waals surface area contributed by atoms with Gasteiger partial charge in [0.1, 0.15) is 17.5 Å². The van der Waals surface area contributed by atoms with E-state index in [0.29, 0.717) is 16.7 Å². The quantitative estimate of drug-likeness (QED) is 0.529. The largest absolute Gasteiger partial charge is 0.369 e. The molecule has 0 aliphatic heterocycles. The summed E-state index contributed by atoms with van der Waals surface area (Å²) in [6.07, 6.45) is 3.20. The minimum Gasteiger partial charge on any atom is -0.369 e. The lowest BCUT2D eigenvalue weighted by Gasteiger charge is -2.47. The van der Waals surface area contributed by atoms with Crippen LogP contribution in [0.3, 0.4) is 0 Å². The fourth-order valence-electron chi connectivity index (χ4n) is 5.44. The number of aliphatic hydroxyl groups is 1. The van der Waals surface area contributed by atoms with Gasteiger partial charge in [0.15, 0.2) is 6.23 Å². The molecule has 2 heterocycles. The molecule has 2 bridgehead atoms. The Kier molecular flexibility index (Phi) is 5.39. The van der Waals surface area contributed by atoms with Gasteiger partial charge in [-0.15, -0.1) is 0 Å². The third-order valence-corrected chi connectivity index (χ3v) is 7.27. The van der Waals surface area contributed by atoms with Crippen LogP contribution in [-0.4, -0.2) is 19.6 Å². The predicted molar refractivity (Wildman–Crippen MR) is 118 cm³/mol. The molecule has 3 saturated carbocycles. The zero-order valence-corrected chi connectivity index (χ0v) is 18.2. The predicted octanol–water partition coefficient (Wildman–Crippen LogP) is 4.96. The van der Waals surface area contributed by atoms with Gasteiger partial charge in [-0.3, -0.25) is 4.79 Å². The number of nitrogens with zero attached hydrogens (tertiary/aromatic N) is 3. The fourth-order valence-corrected chi connectivity index (χ4v) is 5.44. The van der Waals surface area contributed by atoms with E-state index in [1.165, 1.54) is 18.2 Å². The summed E-state index contributed by atoms with van der Waals surface area (Å²) in [4.78, 5) is 21.8. The molecule has 9 heteroatoms. The number of aliphatic hydroxyl groups excluding tert-OH is 1. The highest BCUT2D eigenvalue weighted by Crippen LogP contribution is 2.48. The first kappa shape index (κ1) is 21.9. The molecule has 0 radical (unpaired) electrons. The summed E-state index contributed by atoms with van der Waals surface area (Å²) in [5.41, 5.74) is -1.06. The van der Waals surface area contributed by atoms with Crippen LogP contribution in [0.1, 0.15) is 68.1 Å². The number of pyridine rings is 1. The van der Waals surface area contributed by atoms with Crippen LogP contribution in [0.2, 0.25) is 0 Å². The summed E-state index contributed by atoms with van der Waals surface area (Å²) in [5, 5.41) is 13.9. The van der Waals surface area contributed by atoms with Crippen LogP contribution < -0.4 is 10.9 Å². The van der Waals surface area contributed by atoms with Crippen molar-refractivity contribution < 1.29 is 18.3 Å². The molecular formula is C24H25F3N4O2. The maximum absolute atomic E-state index is 14.6. The van der Waals surface area contributed by atoms with Gasteiger partial charge in [-0.25, -0.2) is 23.1 Å². The van der Waals surface area contributed by atoms with Gasteiger partial charge < -0.3 is 15.0 Å². The molecule has 1 aromatic carbocycles. The average Bonchev–Trinajstić information content (AvgIpc) is 2.79. The third-order valence-electron chi connectivity index (χ3n) is 7.27. The summed E-state index contributed by atoms with van der Waals surface area (Å²) in [6, 6.07) is 4.96. The van der Waals surface area contributed by atoms with Crippen LogP contribution in [0.15, 0.2) is 35.3 Å². The molecule has 3 fully saturated rings. The van der Waals surface area contributed by atoms with E-state index in [1.807, 2.05) is 0 Å². The molecular weight excluding hydrogens is 433 g/mol. The van der Waals surface area contributed by atoms with E-state index in [4.69, 9.17) is 0 Å². The van der Waals surface area contributed by atoms with Crippen molar-refractivity contribution in [1.29, 1.82) is 0 Å². The Morgan fingerprint density at radius 1 is 1.15 bits per heavy atom. The van der Waals surface area contributed by atoms with Crippen LogP contribution in [0.25, 0.3) is 10.9 Å². The number of fused-ring (bicyclic) bond motifs is 4. The van der Waals surface area contributed by atoms with Gasteiger partial charge in [-0.05, 0) is 51.4 Å². The minimum atomic E-state index is -3.00. The first-order chi connectivity index (χ1) is 15.8. The fraction of sp³-hybridized carbons (Fsp3) is 0.458. The molecule has 174 valence electrons. The SMILES string of the molecule is Cc1nc(N[C@H](O)c2cccc(C(F)F)c2F)c2cn(C34CCC(CC3)CC4)c(=O)cc2n1. The standard InChI is InChI=1S/C24H25F3N4O2/c1-13-28-18-11-19(32)31(24-8-5-14(6-9-24)7-10-24)12-17(18)22(29-13)30-23(33)16-4-2-3-15(20(16)25)21(26)27/h2-4,11-12,14,21,23,33H,5-10H2,1H3,(H,28,29,30)/t14?,23-,24?/m1/s1. The Labute approximate surface area is 188 Å². The second kappa shape index (κ2) is 8.13. The Morgan fingerprint density at radius 2 is 1.82 bits per heavy atom. The van der Waals surface area contributed by atoms with E-state index in [-0.39, 0.29) is 22.5 Å². The van der Waals surface area contributed by atoms with Gasteiger partial charge in [-0.2, -0.15) is 0 Å². The molecule has 0 saturated heterocycles. The second-order valence-electron chi connectivity index (χ2n) is 9.20. The zero-order chi connectivity index (χ0) is 23.3. The van der Waals surface area contributed by atoms with E-state index in [9.17, 15) is 23.1 Å². The van der Waals surface area contributed by atoms with Crippen LogP contribution in [0.5, 0.6) is 0 Å². The number of hydrogen-bond donors (Lipinski definition) is 2. The highest BCUT2D eigenvalue weighted by molar-refractivity contribution is 5.88. The summed E-state index contributed by atoms with van der Waals surface area (Å²) in [7, 11) is 0. The Balaban J connectivity index is 1.57. The van der Waals surface area contributed by atoms with E-state index >= 15 is 0 Å². The van der Waals surface area contributed by atoms with Crippen molar-refractivity contribution in [3.8, 4) is 0 Å². The van der Waals surface area contributed by atoms with Gasteiger partial charge in [-0.1, -0.05) is 18.2 Å². The highest BCUT2D eigenvalue weighted by atomic mass is 19.3. The molecule has 0 spiro atoms. The summed E-state index contributed by atoms with van der Waals surface area (Å²) < 4.78 is 42.5. The van der Waals surface area contributed by atoms with Crippen LogP contribution in [-0.2, 0) is 5.54 Å². The first-order valence-corrected chi connectivity index (χ1v) is 11.2. The lowest BCUT2D eigenvalue weighted by Crippen LogP contribution is -2.47. The van der Waals surface area contributed by atoms with Crippen molar-refractivity contribution in [1.82, 2.24) is 14.5 Å². The van der Waals surface area contributed by atoms with Crippen molar-refractivity contribution in [2.75, 3.05) is 5.32 Å². The number of hydrogen-bond acceptors (Lipinski definition) is 5. The molecule has 33 heavy (non-hydrogen) atoms. The first-order valence-electron chi connectivity index (χ1n) is 11.2. The molecule has 6 nitrogen and oxygen atoms in total. The van der Waals surface area contributed by atoms with Crippen molar-refractivity contribution >= 4 is 16.7 Å². The molecule has 3 aliphatic carbocycles. The number of aryl methyl sites for hydroxylation is 1. The number of aromatic nitrogens is 3. The van der Waals surface area contributed by atoms with Crippen molar-refractivity contribution in [3.05, 3.63) is 63.6 Å². The van der Waals surface area contributed by atoms with E-state index in [2.05, 4.69) is 15.3 Å². The number of benzene rings is 1. The second-order valence-corrected chi connectivity index (χ2v) is 9.20. The van der Waals surface area contributed by atoms with E-state index < -0.39 is 24.0 Å². The van der Waals surface area contributed by atoms with E-state index in [1.54, 1.807) is 17.7 Å². The topological polar surface area (TPSA) is 80.0 Å². The van der Waals surface area contributed by atoms with Gasteiger partial charge in [0.05, 0.1) is 16.5 Å². The normalized spacial score (nSPS) is 23.3. The molecule has 6 rings (SSSR count). The third kappa shape index (κ3) is 3.78. The molecule has 2 N–H and O–H groups in total. The molecule has 0 amide bonds. The van der Waals surface area contributed by atoms with Crippen LogP contribution in [0, 0.1) is 18.7 Å². The minimum absolute atomic E-state index is 0.136. The van der Waals surface area contributed by atoms with Gasteiger partial charge in [0.25, 0.3) is 12.0 Å². The molecule has 3 aromatic rings. The average molecular weight is 458 g/mol. The van der Waals surface area contributed by atoms with Crippen molar-refractivity contribution in [3.63, 3.8) is 0 Å². The lowest BCUT2D eigenvalue weighted by molar-refractivity contribution is 0.0714. The van der Waals surface area contributed by atoms with Gasteiger partial charge in [0, 0.05) is 23.4 Å². The number of halogens is 3. The molecule has 1 atom stereocenters. The van der Waals surface area contributed by atoms with E-state index in [0.717, 1.165) is 50.5 Å². The number of alkyl halides is 2. The smallest absolute Gasteiger partial charge is 0.266 e. The number of anilines is 1. The van der Waals surface area contributed by atoms with Crippen LogP contribution in [0.4, 0.5) is 19.0 Å². The van der Waals surface area contributed by atoms with Gasteiger partial charge >= 0.3 is 0 Å². The zero-order valence-electron chi connectivity index (χ0n) is 18.2. The van der Waals surface area contributed by atoms with Crippen molar-refractivity contribution in [2.45, 2.75) is 63.6 Å². The summed E-state index contributed by atoms with van der Waals surface area (Å²) in [5.74, 6) is 0.131. The van der Waals surface area contributed by atoms with Crippen LogP contribution >= 0.6 is 0 Å². The Morgan fingerprint density at radius 3 is 2.48 bits per heavy atom. The monoisotopic (exact) mass is 458 g/mol. The highest BCUT2D eigenvalue weighted by Gasteiger charge is 2.42.